The van der Waals surface area contributed by atoms with Crippen LogP contribution in [0.5, 0.6) is 5.75 Å². The van der Waals surface area contributed by atoms with Crippen molar-refractivity contribution in [3.63, 3.8) is 0 Å². The van der Waals surface area contributed by atoms with Gasteiger partial charge in [0.05, 0.1) is 0 Å². The van der Waals surface area contributed by atoms with E-state index in [9.17, 15) is 9.18 Å². The van der Waals surface area contributed by atoms with Crippen molar-refractivity contribution in [2.75, 3.05) is 5.32 Å². The number of rotatable bonds is 5. The number of nitrogens with zero attached hydrogens (tertiary/aromatic N) is 2. The van der Waals surface area contributed by atoms with Crippen LogP contribution in [0.2, 0.25) is 5.02 Å². The van der Waals surface area contributed by atoms with Crippen LogP contribution in [0.3, 0.4) is 0 Å². The fourth-order valence-electron chi connectivity index (χ4n) is 2.00. The zero-order valence-corrected chi connectivity index (χ0v) is 13.8. The van der Waals surface area contributed by atoms with Crippen molar-refractivity contribution in [2.45, 2.75) is 13.0 Å². The molecule has 0 aliphatic heterocycles. The third kappa shape index (κ3) is 4.33. The molecule has 3 aromatic rings. The number of halogens is 2. The van der Waals surface area contributed by atoms with E-state index in [0.717, 1.165) is 0 Å². The molecule has 0 bridgehead atoms. The molecule has 0 fully saturated rings. The quantitative estimate of drug-likeness (QED) is 0.744. The molecule has 1 aromatic heterocycles. The van der Waals surface area contributed by atoms with Gasteiger partial charge in [0.25, 0.3) is 17.7 Å². The Balaban J connectivity index is 1.64. The molecule has 0 saturated heterocycles. The minimum absolute atomic E-state index is 0.00883. The van der Waals surface area contributed by atoms with E-state index >= 15 is 0 Å². The number of amides is 1. The summed E-state index contributed by atoms with van der Waals surface area (Å²) in [7, 11) is 0. The Hall–Kier alpha value is -2.93. The van der Waals surface area contributed by atoms with E-state index < -0.39 is 12.0 Å². The van der Waals surface area contributed by atoms with Gasteiger partial charge < -0.3 is 9.26 Å². The van der Waals surface area contributed by atoms with Gasteiger partial charge in [-0.05, 0) is 54.5 Å². The lowest BCUT2D eigenvalue weighted by molar-refractivity contribution is -0.122. The molecule has 1 amide bonds. The maximum atomic E-state index is 12.9. The Morgan fingerprint density at radius 2 is 2.04 bits per heavy atom. The molecule has 0 spiro atoms. The minimum atomic E-state index is -0.835. The van der Waals surface area contributed by atoms with Crippen molar-refractivity contribution < 1.29 is 18.4 Å². The average Bonchev–Trinajstić information content (AvgIpc) is 3.05. The monoisotopic (exact) mass is 361 g/mol. The molecule has 3 rings (SSSR count). The van der Waals surface area contributed by atoms with Crippen LogP contribution in [-0.2, 0) is 4.79 Å². The topological polar surface area (TPSA) is 77.2 Å². The number of hydrogen-bond acceptors (Lipinski definition) is 5. The lowest BCUT2D eigenvalue weighted by Crippen LogP contribution is -2.30. The fraction of sp³-hybridized carbons (Fsp3) is 0.118. The van der Waals surface area contributed by atoms with E-state index in [2.05, 4.69) is 15.5 Å². The second-order valence-corrected chi connectivity index (χ2v) is 5.57. The van der Waals surface area contributed by atoms with E-state index in [1.54, 1.807) is 31.2 Å². The highest BCUT2D eigenvalue weighted by molar-refractivity contribution is 6.30. The highest BCUT2D eigenvalue weighted by Gasteiger charge is 2.18. The van der Waals surface area contributed by atoms with Crippen LogP contribution in [0.15, 0.2) is 53.1 Å². The third-order valence-corrected chi connectivity index (χ3v) is 3.46. The summed E-state index contributed by atoms with van der Waals surface area (Å²) in [5.74, 6) is -0.246. The van der Waals surface area contributed by atoms with Crippen LogP contribution in [-0.4, -0.2) is 22.2 Å². The summed E-state index contributed by atoms with van der Waals surface area (Å²) in [4.78, 5) is 16.2. The van der Waals surface area contributed by atoms with Crippen LogP contribution in [0.4, 0.5) is 10.3 Å². The van der Waals surface area contributed by atoms with Gasteiger partial charge in [0, 0.05) is 10.6 Å². The van der Waals surface area contributed by atoms with Gasteiger partial charge in [-0.15, -0.1) is 0 Å². The summed E-state index contributed by atoms with van der Waals surface area (Å²) in [6.07, 6.45) is -0.835. The van der Waals surface area contributed by atoms with E-state index in [0.29, 0.717) is 16.3 Å². The number of anilines is 1. The molecule has 1 N–H and O–H groups in total. The molecule has 0 aliphatic carbocycles. The van der Waals surface area contributed by atoms with E-state index in [-0.39, 0.29) is 17.7 Å². The molecule has 128 valence electrons. The SMILES string of the molecule is C[C@H](Oc1ccc(F)cc1)C(=O)Nc1noc(-c2cccc(Cl)c2)n1. The van der Waals surface area contributed by atoms with E-state index in [1.165, 1.54) is 24.3 Å². The first-order chi connectivity index (χ1) is 12.0. The zero-order chi connectivity index (χ0) is 17.8. The van der Waals surface area contributed by atoms with Crippen molar-refractivity contribution in [1.29, 1.82) is 0 Å². The van der Waals surface area contributed by atoms with Gasteiger partial charge in [-0.25, -0.2) is 4.39 Å². The zero-order valence-electron chi connectivity index (χ0n) is 13.1. The second kappa shape index (κ2) is 7.31. The summed E-state index contributed by atoms with van der Waals surface area (Å²) in [5, 5.41) is 6.72. The van der Waals surface area contributed by atoms with Crippen molar-refractivity contribution in [2.24, 2.45) is 0 Å². The maximum absolute atomic E-state index is 12.9. The van der Waals surface area contributed by atoms with Gasteiger partial charge in [0.15, 0.2) is 6.10 Å². The van der Waals surface area contributed by atoms with Gasteiger partial charge in [0.2, 0.25) is 0 Å². The molecule has 2 aromatic carbocycles. The Kier molecular flexibility index (Phi) is 4.95. The molecule has 0 aliphatic rings. The molecule has 6 nitrogen and oxygen atoms in total. The van der Waals surface area contributed by atoms with Crippen molar-refractivity contribution >= 4 is 23.5 Å². The van der Waals surface area contributed by atoms with Crippen LogP contribution in [0, 0.1) is 5.82 Å². The molecular weight excluding hydrogens is 349 g/mol. The highest BCUT2D eigenvalue weighted by Crippen LogP contribution is 2.22. The van der Waals surface area contributed by atoms with E-state index in [4.69, 9.17) is 20.9 Å². The second-order valence-electron chi connectivity index (χ2n) is 5.14. The van der Waals surface area contributed by atoms with Crippen LogP contribution < -0.4 is 10.1 Å². The number of hydrogen-bond donors (Lipinski definition) is 1. The molecule has 8 heteroatoms. The molecule has 0 saturated carbocycles. The Morgan fingerprint density at radius 3 is 2.76 bits per heavy atom. The van der Waals surface area contributed by atoms with Crippen molar-refractivity contribution in [3.05, 3.63) is 59.4 Å². The standard InChI is InChI=1S/C17H13ClFN3O3/c1-10(24-14-7-5-13(19)6-8-14)15(23)20-17-21-16(25-22-17)11-3-2-4-12(18)9-11/h2-10H,1H3,(H,20,22,23)/t10-/m0/s1. The lowest BCUT2D eigenvalue weighted by atomic mass is 10.2. The first-order valence-corrected chi connectivity index (χ1v) is 7.72. The summed E-state index contributed by atoms with van der Waals surface area (Å²) < 4.78 is 23.4. The number of nitrogens with one attached hydrogen (secondary N) is 1. The normalized spacial score (nSPS) is 11.8. The summed E-state index contributed by atoms with van der Waals surface area (Å²) in [6, 6.07) is 12.3. The number of benzene rings is 2. The largest absolute Gasteiger partial charge is 0.481 e. The summed E-state index contributed by atoms with van der Waals surface area (Å²) >= 11 is 5.91. The van der Waals surface area contributed by atoms with Crippen LogP contribution >= 0.6 is 11.6 Å². The Bertz CT molecular complexity index is 883. The summed E-state index contributed by atoms with van der Waals surface area (Å²) in [6.45, 7) is 1.55. The molecule has 0 unspecified atom stereocenters. The van der Waals surface area contributed by atoms with Crippen LogP contribution in [0.25, 0.3) is 11.5 Å². The Labute approximate surface area is 147 Å². The van der Waals surface area contributed by atoms with Crippen LogP contribution in [0.1, 0.15) is 6.92 Å². The van der Waals surface area contributed by atoms with Crippen molar-refractivity contribution in [1.82, 2.24) is 10.1 Å². The van der Waals surface area contributed by atoms with Gasteiger partial charge in [-0.3, -0.25) is 10.1 Å². The Morgan fingerprint density at radius 1 is 1.28 bits per heavy atom. The minimum Gasteiger partial charge on any atom is -0.481 e. The predicted molar refractivity (Wildman–Crippen MR) is 89.9 cm³/mol. The first kappa shape index (κ1) is 16.9. The number of ether oxygens (including phenoxy) is 1. The maximum Gasteiger partial charge on any atom is 0.270 e. The molecular formula is C17H13ClFN3O3. The smallest absolute Gasteiger partial charge is 0.270 e. The molecule has 1 atom stereocenters. The molecule has 1 heterocycles. The van der Waals surface area contributed by atoms with Gasteiger partial charge in [0.1, 0.15) is 11.6 Å². The number of carbonyl (C=O) groups excluding carboxylic acids is 1. The lowest BCUT2D eigenvalue weighted by Gasteiger charge is -2.13. The number of carbonyl (C=O) groups is 1. The highest BCUT2D eigenvalue weighted by atomic mass is 35.5. The summed E-state index contributed by atoms with van der Waals surface area (Å²) in [5.41, 5.74) is 0.635. The fourth-order valence-corrected chi connectivity index (χ4v) is 2.19. The average molecular weight is 362 g/mol. The van der Waals surface area contributed by atoms with Gasteiger partial charge in [-0.2, -0.15) is 4.98 Å². The molecule has 25 heavy (non-hydrogen) atoms. The number of aromatic nitrogens is 2. The molecule has 0 radical (unpaired) electrons. The first-order valence-electron chi connectivity index (χ1n) is 7.34. The van der Waals surface area contributed by atoms with E-state index in [1.807, 2.05) is 0 Å². The predicted octanol–water partition coefficient (Wildman–Crippen LogP) is 3.94. The third-order valence-electron chi connectivity index (χ3n) is 3.23. The van der Waals surface area contributed by atoms with Gasteiger partial charge >= 0.3 is 0 Å². The van der Waals surface area contributed by atoms with Crippen molar-refractivity contribution in [3.8, 4) is 17.2 Å². The van der Waals surface area contributed by atoms with Gasteiger partial charge in [-0.1, -0.05) is 17.7 Å².